The van der Waals surface area contributed by atoms with Crippen molar-refractivity contribution in [3.63, 3.8) is 0 Å². The summed E-state index contributed by atoms with van der Waals surface area (Å²) in [6.45, 7) is 0.832. The summed E-state index contributed by atoms with van der Waals surface area (Å²) < 4.78 is 5.84. The first kappa shape index (κ1) is 16.2. The van der Waals surface area contributed by atoms with E-state index in [1.54, 1.807) is 7.11 Å². The van der Waals surface area contributed by atoms with Gasteiger partial charge in [-0.2, -0.15) is 0 Å². The predicted molar refractivity (Wildman–Crippen MR) is 102 cm³/mol. The first-order valence-corrected chi connectivity index (χ1v) is 10.5. The Bertz CT molecular complexity index is 702. The Kier molecular flexibility index (Phi) is 3.55. The monoisotopic (exact) mass is 403 g/mol. The number of benzene rings is 1. The third-order valence-electron chi connectivity index (χ3n) is 7.09. The van der Waals surface area contributed by atoms with Crippen LogP contribution in [0.25, 0.3) is 0 Å². The average molecular weight is 404 g/mol. The van der Waals surface area contributed by atoms with Crippen LogP contribution < -0.4 is 9.64 Å². The Morgan fingerprint density at radius 3 is 2.68 bits per heavy atom. The quantitative estimate of drug-likeness (QED) is 0.669. The normalized spacial score (nSPS) is 38.6. The number of anilines is 1. The number of ether oxygens (including phenoxy) is 1. The molecule has 0 spiro atoms. The number of methoxy groups -OCH3 is 1. The molecule has 4 fully saturated rings. The minimum Gasteiger partial charge on any atom is -0.495 e. The summed E-state index contributed by atoms with van der Waals surface area (Å²) in [4.78, 5) is 16.0. The highest BCUT2D eigenvalue weighted by Gasteiger charge is 2.60. The van der Waals surface area contributed by atoms with Gasteiger partial charge in [-0.05, 0) is 74.8 Å². The van der Waals surface area contributed by atoms with Crippen LogP contribution in [0.1, 0.15) is 50.5 Å². The predicted octanol–water partition coefficient (Wildman–Crippen LogP) is 4.71. The van der Waals surface area contributed by atoms with Crippen LogP contribution in [0, 0.1) is 17.3 Å². The van der Waals surface area contributed by atoms with Gasteiger partial charge in [0.2, 0.25) is 5.91 Å². The minimum absolute atomic E-state index is 0.150. The van der Waals surface area contributed by atoms with Crippen molar-refractivity contribution in [3.8, 4) is 5.75 Å². The molecule has 1 aromatic rings. The van der Waals surface area contributed by atoms with Gasteiger partial charge in [0, 0.05) is 10.9 Å². The molecule has 134 valence electrons. The van der Waals surface area contributed by atoms with E-state index in [0.29, 0.717) is 5.91 Å². The lowest BCUT2D eigenvalue weighted by molar-refractivity contribution is -0.141. The molecule has 4 heteroatoms. The Hall–Kier alpha value is -1.03. The number of aryl methyl sites for hydroxylation is 1. The highest BCUT2D eigenvalue weighted by atomic mass is 79.9. The summed E-state index contributed by atoms with van der Waals surface area (Å²) in [5.41, 5.74) is 2.15. The number of para-hydroxylation sites is 1. The number of carbonyl (C=O) groups excluding carboxylic acids is 1. The second-order valence-corrected chi connectivity index (χ2v) is 10.6. The molecule has 0 radical (unpaired) electrons. The van der Waals surface area contributed by atoms with E-state index in [9.17, 15) is 4.79 Å². The lowest BCUT2D eigenvalue weighted by atomic mass is 9.49. The Morgan fingerprint density at radius 1 is 1.24 bits per heavy atom. The zero-order chi connectivity index (χ0) is 17.2. The summed E-state index contributed by atoms with van der Waals surface area (Å²) >= 11 is 4.05. The van der Waals surface area contributed by atoms with Crippen molar-refractivity contribution in [2.75, 3.05) is 18.6 Å². The molecular formula is C21H26BrNO2. The summed E-state index contributed by atoms with van der Waals surface area (Å²) in [5, 5.41) is 0. The molecule has 3 nitrogen and oxygen atoms in total. The molecule has 4 saturated carbocycles. The third kappa shape index (κ3) is 2.39. The Labute approximate surface area is 158 Å². The van der Waals surface area contributed by atoms with Crippen LogP contribution >= 0.6 is 15.9 Å². The average Bonchev–Trinajstić information content (AvgIpc) is 2.58. The van der Waals surface area contributed by atoms with Crippen molar-refractivity contribution < 1.29 is 9.53 Å². The van der Waals surface area contributed by atoms with Gasteiger partial charge in [-0.15, -0.1) is 0 Å². The number of halogens is 1. The van der Waals surface area contributed by atoms with Crippen molar-refractivity contribution in [1.82, 2.24) is 0 Å². The maximum absolute atomic E-state index is 13.9. The standard InChI is InChI=1S/C21H26BrNO2/c1-25-17-6-2-4-16-5-3-7-23(18(16)17)19(24)20-9-14-8-15(10-20)12-21(22,11-14)13-20/h2,4,6,14-15H,3,5,7-13H2,1H3. The molecule has 25 heavy (non-hydrogen) atoms. The fraction of sp³-hybridized carbons (Fsp3) is 0.667. The topological polar surface area (TPSA) is 29.5 Å². The number of fused-ring (bicyclic) bond motifs is 1. The van der Waals surface area contributed by atoms with Gasteiger partial charge in [0.15, 0.2) is 0 Å². The van der Waals surface area contributed by atoms with Crippen LogP contribution in [0.15, 0.2) is 18.2 Å². The minimum atomic E-state index is -0.150. The van der Waals surface area contributed by atoms with E-state index < -0.39 is 0 Å². The molecule has 2 unspecified atom stereocenters. The van der Waals surface area contributed by atoms with E-state index in [1.165, 1.54) is 24.8 Å². The van der Waals surface area contributed by atoms with Crippen LogP contribution in [0.4, 0.5) is 5.69 Å². The fourth-order valence-electron chi connectivity index (χ4n) is 6.67. The highest BCUT2D eigenvalue weighted by Crippen LogP contribution is 2.65. The van der Waals surface area contributed by atoms with Crippen LogP contribution in [0.5, 0.6) is 5.75 Å². The zero-order valence-electron chi connectivity index (χ0n) is 14.9. The van der Waals surface area contributed by atoms with E-state index >= 15 is 0 Å². The maximum atomic E-state index is 13.9. The molecule has 5 aliphatic rings. The Balaban J connectivity index is 1.54. The lowest BCUT2D eigenvalue weighted by Gasteiger charge is -2.60. The number of rotatable bonds is 2. The smallest absolute Gasteiger partial charge is 0.233 e. The number of carbonyl (C=O) groups is 1. The van der Waals surface area contributed by atoms with Gasteiger partial charge in [0.25, 0.3) is 0 Å². The maximum Gasteiger partial charge on any atom is 0.233 e. The van der Waals surface area contributed by atoms with Gasteiger partial charge in [-0.3, -0.25) is 4.79 Å². The molecule has 4 bridgehead atoms. The lowest BCUT2D eigenvalue weighted by Crippen LogP contribution is -2.59. The summed E-state index contributed by atoms with van der Waals surface area (Å²) in [7, 11) is 1.71. The molecule has 1 amide bonds. The Morgan fingerprint density at radius 2 is 2.00 bits per heavy atom. The van der Waals surface area contributed by atoms with Crippen molar-refractivity contribution >= 4 is 27.5 Å². The van der Waals surface area contributed by atoms with Crippen molar-refractivity contribution in [3.05, 3.63) is 23.8 Å². The van der Waals surface area contributed by atoms with E-state index in [0.717, 1.165) is 61.9 Å². The van der Waals surface area contributed by atoms with Crippen molar-refractivity contribution in [2.24, 2.45) is 17.3 Å². The summed E-state index contributed by atoms with van der Waals surface area (Å²) in [5.74, 6) is 2.68. The van der Waals surface area contributed by atoms with Gasteiger partial charge in [0.05, 0.1) is 18.2 Å². The fourth-order valence-corrected chi connectivity index (χ4v) is 8.12. The van der Waals surface area contributed by atoms with Gasteiger partial charge >= 0.3 is 0 Å². The van der Waals surface area contributed by atoms with E-state index in [-0.39, 0.29) is 9.74 Å². The number of hydrogen-bond acceptors (Lipinski definition) is 2. The molecule has 1 heterocycles. The van der Waals surface area contributed by atoms with Gasteiger partial charge in [-0.1, -0.05) is 28.1 Å². The third-order valence-corrected chi connectivity index (χ3v) is 8.02. The van der Waals surface area contributed by atoms with Gasteiger partial charge in [-0.25, -0.2) is 0 Å². The molecular weight excluding hydrogens is 378 g/mol. The molecule has 6 rings (SSSR count). The summed E-state index contributed by atoms with van der Waals surface area (Å²) in [6, 6.07) is 6.20. The van der Waals surface area contributed by atoms with E-state index in [4.69, 9.17) is 4.74 Å². The number of hydrogen-bond donors (Lipinski definition) is 0. The van der Waals surface area contributed by atoms with Crippen molar-refractivity contribution in [1.29, 1.82) is 0 Å². The van der Waals surface area contributed by atoms with Crippen LogP contribution in [-0.2, 0) is 11.2 Å². The molecule has 0 saturated heterocycles. The van der Waals surface area contributed by atoms with Gasteiger partial charge in [0.1, 0.15) is 5.75 Å². The van der Waals surface area contributed by atoms with Crippen molar-refractivity contribution in [2.45, 2.75) is 55.7 Å². The van der Waals surface area contributed by atoms with Crippen LogP contribution in [0.2, 0.25) is 0 Å². The number of alkyl halides is 1. The second-order valence-electron chi connectivity index (χ2n) is 8.92. The molecule has 0 aromatic heterocycles. The largest absolute Gasteiger partial charge is 0.495 e. The van der Waals surface area contributed by atoms with Gasteiger partial charge < -0.3 is 9.64 Å². The zero-order valence-corrected chi connectivity index (χ0v) is 16.5. The number of amides is 1. The SMILES string of the molecule is COc1cccc2c1N(C(=O)C13CC4CC(CC(Br)(C4)C1)C3)CCC2. The molecule has 2 atom stereocenters. The molecule has 1 aliphatic heterocycles. The van der Waals surface area contributed by atoms with E-state index in [2.05, 4.69) is 26.9 Å². The molecule has 1 aromatic carbocycles. The first-order valence-electron chi connectivity index (χ1n) is 9.69. The molecule has 0 N–H and O–H groups in total. The first-order chi connectivity index (χ1) is 12.0. The second kappa shape index (κ2) is 5.48. The molecule has 4 aliphatic carbocycles. The van der Waals surface area contributed by atoms with E-state index in [1.807, 2.05) is 12.1 Å². The van der Waals surface area contributed by atoms with Crippen LogP contribution in [-0.4, -0.2) is 23.9 Å². The summed E-state index contributed by atoms with van der Waals surface area (Å²) in [6.07, 6.45) is 9.16. The number of nitrogens with zero attached hydrogens (tertiary/aromatic N) is 1. The highest BCUT2D eigenvalue weighted by molar-refractivity contribution is 9.10. The van der Waals surface area contributed by atoms with Crippen LogP contribution in [0.3, 0.4) is 0 Å².